The smallest absolute Gasteiger partial charge is 0.303 e. The molecule has 172 valence electrons. The van der Waals surface area contributed by atoms with Crippen LogP contribution in [0.15, 0.2) is 42.5 Å². The van der Waals surface area contributed by atoms with E-state index in [9.17, 15) is 14.0 Å². The van der Waals surface area contributed by atoms with Gasteiger partial charge in [-0.2, -0.15) is 0 Å². The maximum absolute atomic E-state index is 13.1. The van der Waals surface area contributed by atoms with Crippen molar-refractivity contribution in [1.82, 2.24) is 9.80 Å². The van der Waals surface area contributed by atoms with E-state index in [2.05, 4.69) is 11.8 Å². The SMILES string of the molecule is CC[C@@H]1CN(Cc2ccc(F)cc2)CCN1C(=O)COc1ccc(C)cc1CCC(=O)O. The molecule has 1 fully saturated rings. The van der Waals surface area contributed by atoms with Crippen LogP contribution in [0.3, 0.4) is 0 Å². The van der Waals surface area contributed by atoms with Crippen molar-refractivity contribution in [3.8, 4) is 5.75 Å². The molecule has 2 aromatic rings. The Kier molecular flexibility index (Phi) is 8.22. The molecule has 0 radical (unpaired) electrons. The van der Waals surface area contributed by atoms with Crippen LogP contribution in [-0.2, 0) is 22.6 Å². The van der Waals surface area contributed by atoms with E-state index in [1.165, 1.54) is 12.1 Å². The Morgan fingerprint density at radius 1 is 1.16 bits per heavy atom. The molecular formula is C25H31FN2O4. The molecule has 0 unspecified atom stereocenters. The highest BCUT2D eigenvalue weighted by molar-refractivity contribution is 5.78. The number of carbonyl (C=O) groups is 2. The highest BCUT2D eigenvalue weighted by Crippen LogP contribution is 2.23. The number of halogens is 1. The van der Waals surface area contributed by atoms with Crippen LogP contribution in [-0.4, -0.2) is 59.1 Å². The standard InChI is InChI=1S/C25H31FN2O4/c1-3-22-16-27(15-19-5-8-21(26)9-6-19)12-13-28(22)24(29)17-32-23-10-4-18(2)14-20(23)7-11-25(30)31/h4-6,8-10,14,22H,3,7,11-13,15-17H2,1-2H3,(H,30,31)/t22-/m1/s1. The average Bonchev–Trinajstić information content (AvgIpc) is 2.78. The van der Waals surface area contributed by atoms with Crippen LogP contribution in [0.2, 0.25) is 0 Å². The highest BCUT2D eigenvalue weighted by Gasteiger charge is 2.29. The first-order valence-electron chi connectivity index (χ1n) is 11.1. The van der Waals surface area contributed by atoms with Gasteiger partial charge < -0.3 is 14.7 Å². The zero-order valence-corrected chi connectivity index (χ0v) is 18.7. The third kappa shape index (κ3) is 6.53. The Morgan fingerprint density at radius 3 is 2.59 bits per heavy atom. The first-order valence-corrected chi connectivity index (χ1v) is 11.1. The highest BCUT2D eigenvalue weighted by atomic mass is 19.1. The minimum atomic E-state index is -0.863. The van der Waals surface area contributed by atoms with Gasteiger partial charge in [0.15, 0.2) is 6.61 Å². The third-order valence-corrected chi connectivity index (χ3v) is 5.85. The Morgan fingerprint density at radius 2 is 1.91 bits per heavy atom. The number of aliphatic carboxylic acids is 1. The number of carbonyl (C=O) groups excluding carboxylic acids is 1. The van der Waals surface area contributed by atoms with Crippen molar-refractivity contribution < 1.29 is 23.8 Å². The van der Waals surface area contributed by atoms with E-state index in [0.29, 0.717) is 18.7 Å². The second-order valence-corrected chi connectivity index (χ2v) is 8.30. The molecular weight excluding hydrogens is 411 g/mol. The van der Waals surface area contributed by atoms with E-state index < -0.39 is 5.97 Å². The monoisotopic (exact) mass is 442 g/mol. The predicted molar refractivity (Wildman–Crippen MR) is 120 cm³/mol. The molecule has 6 nitrogen and oxygen atoms in total. The zero-order valence-electron chi connectivity index (χ0n) is 18.7. The van der Waals surface area contributed by atoms with Crippen molar-refractivity contribution in [3.63, 3.8) is 0 Å². The van der Waals surface area contributed by atoms with Gasteiger partial charge in [-0.3, -0.25) is 14.5 Å². The van der Waals surface area contributed by atoms with Crippen LogP contribution in [0.4, 0.5) is 4.39 Å². The van der Waals surface area contributed by atoms with Gasteiger partial charge in [-0.05, 0) is 49.1 Å². The van der Waals surface area contributed by atoms with Crippen molar-refractivity contribution in [2.24, 2.45) is 0 Å². The maximum atomic E-state index is 13.1. The molecule has 0 bridgehead atoms. The number of hydrogen-bond acceptors (Lipinski definition) is 4. The molecule has 0 saturated carbocycles. The summed E-state index contributed by atoms with van der Waals surface area (Å²) in [5.74, 6) is -0.607. The van der Waals surface area contributed by atoms with Crippen molar-refractivity contribution >= 4 is 11.9 Å². The summed E-state index contributed by atoms with van der Waals surface area (Å²) in [5, 5.41) is 8.98. The fraction of sp³-hybridized carbons (Fsp3) is 0.440. The van der Waals surface area contributed by atoms with Gasteiger partial charge in [-0.1, -0.05) is 36.8 Å². The molecule has 3 rings (SSSR count). The number of ether oxygens (including phenoxy) is 1. The van der Waals surface area contributed by atoms with E-state index >= 15 is 0 Å². The molecule has 1 N–H and O–H groups in total. The zero-order chi connectivity index (χ0) is 23.1. The second kappa shape index (κ2) is 11.1. The molecule has 1 amide bonds. The third-order valence-electron chi connectivity index (χ3n) is 5.85. The quantitative estimate of drug-likeness (QED) is 0.642. The molecule has 1 saturated heterocycles. The number of benzene rings is 2. The molecule has 7 heteroatoms. The number of aryl methyl sites for hydroxylation is 2. The summed E-state index contributed by atoms with van der Waals surface area (Å²) in [4.78, 5) is 28.0. The molecule has 0 spiro atoms. The lowest BCUT2D eigenvalue weighted by Gasteiger charge is -2.41. The predicted octanol–water partition coefficient (Wildman–Crippen LogP) is 3.65. The summed E-state index contributed by atoms with van der Waals surface area (Å²) in [7, 11) is 0. The van der Waals surface area contributed by atoms with Gasteiger partial charge in [-0.25, -0.2) is 4.39 Å². The molecule has 0 aromatic heterocycles. The van der Waals surface area contributed by atoms with Crippen molar-refractivity contribution in [2.75, 3.05) is 26.2 Å². The summed E-state index contributed by atoms with van der Waals surface area (Å²) in [6, 6.07) is 12.2. The largest absolute Gasteiger partial charge is 0.483 e. The summed E-state index contributed by atoms with van der Waals surface area (Å²) in [6.45, 7) is 6.78. The number of rotatable bonds is 9. The molecule has 2 aromatic carbocycles. The summed E-state index contributed by atoms with van der Waals surface area (Å²) in [5.41, 5.74) is 2.88. The summed E-state index contributed by atoms with van der Waals surface area (Å²) >= 11 is 0. The molecule has 1 atom stereocenters. The van der Waals surface area contributed by atoms with E-state index in [1.807, 2.05) is 24.0 Å². The number of nitrogens with zero attached hydrogens (tertiary/aromatic N) is 2. The molecule has 1 aliphatic rings. The number of carboxylic acids is 1. The number of carboxylic acid groups (broad SMARTS) is 1. The van der Waals surface area contributed by atoms with Gasteiger partial charge in [0.05, 0.1) is 0 Å². The number of hydrogen-bond donors (Lipinski definition) is 1. The van der Waals surface area contributed by atoms with Gasteiger partial charge in [0.1, 0.15) is 11.6 Å². The summed E-state index contributed by atoms with van der Waals surface area (Å²) in [6.07, 6.45) is 1.21. The number of amides is 1. The summed E-state index contributed by atoms with van der Waals surface area (Å²) < 4.78 is 19.0. The van der Waals surface area contributed by atoms with Gasteiger partial charge in [0.25, 0.3) is 5.91 Å². The fourth-order valence-corrected chi connectivity index (χ4v) is 4.10. The van der Waals surface area contributed by atoms with Crippen LogP contribution in [0, 0.1) is 12.7 Å². The van der Waals surface area contributed by atoms with Crippen LogP contribution in [0.1, 0.15) is 36.5 Å². The first-order chi connectivity index (χ1) is 15.4. The molecule has 0 aliphatic carbocycles. The minimum absolute atomic E-state index is 0.0156. The van der Waals surface area contributed by atoms with Crippen molar-refractivity contribution in [2.45, 2.75) is 45.7 Å². The van der Waals surface area contributed by atoms with Crippen molar-refractivity contribution in [3.05, 3.63) is 65.0 Å². The average molecular weight is 443 g/mol. The molecule has 1 heterocycles. The minimum Gasteiger partial charge on any atom is -0.483 e. The fourth-order valence-electron chi connectivity index (χ4n) is 4.10. The van der Waals surface area contributed by atoms with Crippen LogP contribution in [0.5, 0.6) is 5.75 Å². The lowest BCUT2D eigenvalue weighted by molar-refractivity contribution is -0.139. The Bertz CT molecular complexity index is 932. The van der Waals surface area contributed by atoms with Crippen molar-refractivity contribution in [1.29, 1.82) is 0 Å². The van der Waals surface area contributed by atoms with E-state index in [-0.39, 0.29) is 30.8 Å². The lowest BCUT2D eigenvalue weighted by Crippen LogP contribution is -2.55. The number of piperazine rings is 1. The Labute approximate surface area is 188 Å². The van der Waals surface area contributed by atoms with E-state index in [4.69, 9.17) is 9.84 Å². The van der Waals surface area contributed by atoms with Gasteiger partial charge in [0, 0.05) is 38.6 Å². The van der Waals surface area contributed by atoms with Crippen LogP contribution < -0.4 is 4.74 Å². The van der Waals surface area contributed by atoms with E-state index in [0.717, 1.165) is 42.7 Å². The second-order valence-electron chi connectivity index (χ2n) is 8.30. The normalized spacial score (nSPS) is 16.7. The van der Waals surface area contributed by atoms with Crippen LogP contribution >= 0.6 is 0 Å². The molecule has 1 aliphatic heterocycles. The van der Waals surface area contributed by atoms with Gasteiger partial charge in [-0.15, -0.1) is 0 Å². The van der Waals surface area contributed by atoms with Gasteiger partial charge >= 0.3 is 5.97 Å². The Balaban J connectivity index is 1.57. The first kappa shape index (κ1) is 23.7. The van der Waals surface area contributed by atoms with E-state index in [1.54, 1.807) is 18.2 Å². The Hall–Kier alpha value is -2.93. The maximum Gasteiger partial charge on any atom is 0.303 e. The lowest BCUT2D eigenvalue weighted by atomic mass is 10.1. The van der Waals surface area contributed by atoms with Crippen LogP contribution in [0.25, 0.3) is 0 Å². The topological polar surface area (TPSA) is 70.1 Å². The van der Waals surface area contributed by atoms with Gasteiger partial charge in [0.2, 0.25) is 0 Å². The molecule has 32 heavy (non-hydrogen) atoms.